The van der Waals surface area contributed by atoms with Gasteiger partial charge < -0.3 is 14.2 Å². The SMILES string of the molecule is CCCOc1ccc(OCCSc2nc3ccccc3c(=O)n2C(C)COC)cc1. The summed E-state index contributed by atoms with van der Waals surface area (Å²) in [6.07, 6.45) is 0.979. The summed E-state index contributed by atoms with van der Waals surface area (Å²) >= 11 is 1.51. The Kier molecular flexibility index (Phi) is 8.16. The predicted molar refractivity (Wildman–Crippen MR) is 121 cm³/mol. The molecule has 7 heteroatoms. The summed E-state index contributed by atoms with van der Waals surface area (Å²) in [4.78, 5) is 17.8. The van der Waals surface area contributed by atoms with Crippen LogP contribution >= 0.6 is 11.8 Å². The minimum absolute atomic E-state index is 0.0452. The second kappa shape index (κ2) is 11.0. The number of rotatable bonds is 11. The van der Waals surface area contributed by atoms with Crippen molar-refractivity contribution in [3.05, 3.63) is 58.9 Å². The molecule has 6 nitrogen and oxygen atoms in total. The summed E-state index contributed by atoms with van der Waals surface area (Å²) < 4.78 is 18.4. The minimum Gasteiger partial charge on any atom is -0.494 e. The van der Waals surface area contributed by atoms with Crippen LogP contribution in [0.15, 0.2) is 58.5 Å². The molecule has 0 fully saturated rings. The summed E-state index contributed by atoms with van der Waals surface area (Å²) in [7, 11) is 1.63. The first-order valence-electron chi connectivity index (χ1n) is 10.1. The lowest BCUT2D eigenvalue weighted by Crippen LogP contribution is -2.28. The number of para-hydroxylation sites is 1. The zero-order chi connectivity index (χ0) is 21.3. The van der Waals surface area contributed by atoms with Gasteiger partial charge in [-0.3, -0.25) is 9.36 Å². The summed E-state index contributed by atoms with van der Waals surface area (Å²) in [6.45, 7) is 5.69. The second-order valence-electron chi connectivity index (χ2n) is 6.91. The fourth-order valence-electron chi connectivity index (χ4n) is 3.08. The Labute approximate surface area is 181 Å². The van der Waals surface area contributed by atoms with E-state index >= 15 is 0 Å². The number of thioether (sulfide) groups is 1. The first-order chi connectivity index (χ1) is 14.6. The monoisotopic (exact) mass is 428 g/mol. The molecule has 0 aliphatic rings. The van der Waals surface area contributed by atoms with Crippen molar-refractivity contribution in [1.29, 1.82) is 0 Å². The van der Waals surface area contributed by atoms with E-state index in [9.17, 15) is 4.79 Å². The molecule has 0 bridgehead atoms. The van der Waals surface area contributed by atoms with Gasteiger partial charge in [-0.1, -0.05) is 30.8 Å². The highest BCUT2D eigenvalue weighted by molar-refractivity contribution is 7.99. The number of nitrogens with zero attached hydrogens (tertiary/aromatic N) is 2. The van der Waals surface area contributed by atoms with Crippen molar-refractivity contribution in [1.82, 2.24) is 9.55 Å². The number of aromatic nitrogens is 2. The van der Waals surface area contributed by atoms with Gasteiger partial charge in [-0.15, -0.1) is 0 Å². The van der Waals surface area contributed by atoms with Gasteiger partial charge in [0.15, 0.2) is 5.16 Å². The molecule has 1 atom stereocenters. The number of ether oxygens (including phenoxy) is 3. The molecule has 3 rings (SSSR count). The Hall–Kier alpha value is -2.51. The van der Waals surface area contributed by atoms with E-state index in [2.05, 4.69) is 6.92 Å². The average molecular weight is 429 g/mol. The van der Waals surface area contributed by atoms with Crippen molar-refractivity contribution in [2.45, 2.75) is 31.5 Å². The normalized spacial score (nSPS) is 12.1. The third-order valence-electron chi connectivity index (χ3n) is 4.50. The van der Waals surface area contributed by atoms with Crippen LogP contribution < -0.4 is 15.0 Å². The third kappa shape index (κ3) is 5.55. The number of hydrogen-bond donors (Lipinski definition) is 0. The van der Waals surface area contributed by atoms with Gasteiger partial charge in [0, 0.05) is 12.9 Å². The van der Waals surface area contributed by atoms with Crippen LogP contribution in [0.3, 0.4) is 0 Å². The quantitative estimate of drug-likeness (QED) is 0.253. The molecular formula is C23H28N2O4S. The standard InChI is InChI=1S/C23H28N2O4S/c1-4-13-28-18-9-11-19(12-10-18)29-14-15-30-23-24-21-8-6-5-7-20(21)22(26)25(23)17(2)16-27-3/h5-12,17H,4,13-16H2,1-3H3. The van der Waals surface area contributed by atoms with Crippen LogP contribution in [0.2, 0.25) is 0 Å². The van der Waals surface area contributed by atoms with Crippen LogP contribution in [-0.2, 0) is 4.74 Å². The van der Waals surface area contributed by atoms with Crippen LogP contribution in [0.5, 0.6) is 11.5 Å². The Morgan fingerprint density at radius 1 is 1.03 bits per heavy atom. The number of hydrogen-bond acceptors (Lipinski definition) is 6. The maximum absolute atomic E-state index is 13.0. The van der Waals surface area contributed by atoms with Gasteiger partial charge in [-0.05, 0) is 49.7 Å². The Balaban J connectivity index is 1.67. The summed E-state index contributed by atoms with van der Waals surface area (Å²) in [6, 6.07) is 14.9. The molecule has 2 aromatic carbocycles. The van der Waals surface area contributed by atoms with E-state index in [0.29, 0.717) is 41.6 Å². The zero-order valence-corrected chi connectivity index (χ0v) is 18.5. The highest BCUT2D eigenvalue weighted by Crippen LogP contribution is 2.22. The Morgan fingerprint density at radius 3 is 2.37 bits per heavy atom. The van der Waals surface area contributed by atoms with Crippen molar-refractivity contribution in [2.75, 3.05) is 32.7 Å². The summed E-state index contributed by atoms with van der Waals surface area (Å²) in [5.41, 5.74) is 0.658. The van der Waals surface area contributed by atoms with Gasteiger partial charge in [-0.2, -0.15) is 0 Å². The van der Waals surface area contributed by atoms with Crippen LogP contribution in [0.25, 0.3) is 10.9 Å². The molecule has 1 heterocycles. The summed E-state index contributed by atoms with van der Waals surface area (Å²) in [5.74, 6) is 2.30. The van der Waals surface area contributed by atoms with Gasteiger partial charge in [-0.25, -0.2) is 4.98 Å². The Bertz CT molecular complexity index is 1000. The maximum atomic E-state index is 13.0. The molecule has 3 aromatic rings. The molecule has 0 aliphatic heterocycles. The van der Waals surface area contributed by atoms with Gasteiger partial charge in [0.2, 0.25) is 0 Å². The largest absolute Gasteiger partial charge is 0.494 e. The minimum atomic E-state index is -0.112. The number of methoxy groups -OCH3 is 1. The fraction of sp³-hybridized carbons (Fsp3) is 0.391. The first-order valence-corrected chi connectivity index (χ1v) is 11.1. The first kappa shape index (κ1) is 22.2. The van der Waals surface area contributed by atoms with Gasteiger partial charge in [0.05, 0.1) is 36.8 Å². The zero-order valence-electron chi connectivity index (χ0n) is 17.7. The number of fused-ring (bicyclic) bond motifs is 1. The lowest BCUT2D eigenvalue weighted by molar-refractivity contribution is 0.156. The van der Waals surface area contributed by atoms with Crippen molar-refractivity contribution in [3.63, 3.8) is 0 Å². The molecule has 0 aliphatic carbocycles. The summed E-state index contributed by atoms with van der Waals surface area (Å²) in [5, 5.41) is 1.29. The van der Waals surface area contributed by atoms with Gasteiger partial charge in [0.25, 0.3) is 5.56 Å². The lowest BCUT2D eigenvalue weighted by atomic mass is 10.2. The molecule has 0 amide bonds. The molecule has 0 saturated carbocycles. The highest BCUT2D eigenvalue weighted by Gasteiger charge is 2.16. The van der Waals surface area contributed by atoms with Crippen LogP contribution in [0, 0.1) is 0 Å². The van der Waals surface area contributed by atoms with Crippen LogP contribution in [-0.4, -0.2) is 42.2 Å². The van der Waals surface area contributed by atoms with Crippen molar-refractivity contribution in [2.24, 2.45) is 0 Å². The van der Waals surface area contributed by atoms with E-state index in [1.165, 1.54) is 11.8 Å². The molecule has 160 valence electrons. The van der Waals surface area contributed by atoms with Gasteiger partial charge in [0.1, 0.15) is 11.5 Å². The van der Waals surface area contributed by atoms with Crippen LogP contribution in [0.1, 0.15) is 26.3 Å². The molecule has 1 unspecified atom stereocenters. The van der Waals surface area contributed by atoms with E-state index in [1.807, 2.05) is 55.5 Å². The smallest absolute Gasteiger partial charge is 0.262 e. The van der Waals surface area contributed by atoms with E-state index in [4.69, 9.17) is 19.2 Å². The highest BCUT2D eigenvalue weighted by atomic mass is 32.2. The lowest BCUT2D eigenvalue weighted by Gasteiger charge is -2.19. The fourth-order valence-corrected chi connectivity index (χ4v) is 3.99. The molecule has 0 N–H and O–H groups in total. The van der Waals surface area contributed by atoms with Gasteiger partial charge >= 0.3 is 0 Å². The van der Waals surface area contributed by atoms with E-state index < -0.39 is 0 Å². The van der Waals surface area contributed by atoms with Crippen molar-refractivity contribution < 1.29 is 14.2 Å². The third-order valence-corrected chi connectivity index (χ3v) is 5.42. The molecule has 1 aromatic heterocycles. The maximum Gasteiger partial charge on any atom is 0.262 e. The van der Waals surface area contributed by atoms with Crippen LogP contribution in [0.4, 0.5) is 0 Å². The molecule has 30 heavy (non-hydrogen) atoms. The average Bonchev–Trinajstić information content (AvgIpc) is 2.76. The van der Waals surface area contributed by atoms with E-state index in [-0.39, 0.29) is 11.6 Å². The number of benzene rings is 2. The second-order valence-corrected chi connectivity index (χ2v) is 7.97. The van der Waals surface area contributed by atoms with Crippen molar-refractivity contribution >= 4 is 22.7 Å². The topological polar surface area (TPSA) is 62.6 Å². The molecular weight excluding hydrogens is 400 g/mol. The van der Waals surface area contributed by atoms with E-state index in [1.54, 1.807) is 11.7 Å². The molecule has 0 spiro atoms. The Morgan fingerprint density at radius 2 is 1.70 bits per heavy atom. The molecule has 0 saturated heterocycles. The van der Waals surface area contributed by atoms with E-state index in [0.717, 1.165) is 17.9 Å². The van der Waals surface area contributed by atoms with Crippen molar-refractivity contribution in [3.8, 4) is 11.5 Å². The predicted octanol–water partition coefficient (Wildman–Crippen LogP) is 4.56. The molecule has 0 radical (unpaired) electrons.